The van der Waals surface area contributed by atoms with E-state index in [9.17, 15) is 21.6 Å². The van der Waals surface area contributed by atoms with E-state index in [1.165, 1.54) is 42.7 Å². The lowest BCUT2D eigenvalue weighted by Gasteiger charge is -2.23. The highest BCUT2D eigenvalue weighted by Crippen LogP contribution is 2.28. The fourth-order valence-electron chi connectivity index (χ4n) is 3.28. The first-order valence-corrected chi connectivity index (χ1v) is 12.3. The van der Waals surface area contributed by atoms with Crippen LogP contribution in [0.15, 0.2) is 58.3 Å². The predicted octanol–water partition coefficient (Wildman–Crippen LogP) is 2.04. The van der Waals surface area contributed by atoms with Gasteiger partial charge < -0.3 is 5.32 Å². The molecule has 2 aromatic carbocycles. The topological polar surface area (TPSA) is 104 Å². The number of rotatable bonds is 6. The summed E-state index contributed by atoms with van der Waals surface area (Å²) in [5.74, 6) is -0.383. The number of hydrogen-bond acceptors (Lipinski definition) is 5. The Kier molecular flexibility index (Phi) is 6.32. The van der Waals surface area contributed by atoms with Crippen LogP contribution in [0.3, 0.4) is 0 Å². The molecule has 1 aliphatic rings. The van der Waals surface area contributed by atoms with Crippen LogP contribution in [0.2, 0.25) is 0 Å². The maximum absolute atomic E-state index is 13.1. The summed E-state index contributed by atoms with van der Waals surface area (Å²) in [6.07, 6.45) is 0.988. The van der Waals surface area contributed by atoms with Crippen molar-refractivity contribution in [3.63, 3.8) is 0 Å². The van der Waals surface area contributed by atoms with Gasteiger partial charge in [-0.2, -0.15) is 4.31 Å². The Balaban J connectivity index is 1.82. The molecule has 0 bridgehead atoms. The summed E-state index contributed by atoms with van der Waals surface area (Å²) in [6.45, 7) is 2.16. The number of sulfonamides is 2. The number of aryl methyl sites for hydroxylation is 1. The summed E-state index contributed by atoms with van der Waals surface area (Å²) in [6, 6.07) is 11.5. The van der Waals surface area contributed by atoms with Gasteiger partial charge in [0.1, 0.15) is 6.04 Å². The first-order valence-electron chi connectivity index (χ1n) is 9.45. The highest BCUT2D eigenvalue weighted by atomic mass is 32.2. The van der Waals surface area contributed by atoms with E-state index in [1.807, 2.05) is 19.1 Å². The zero-order valence-corrected chi connectivity index (χ0v) is 18.7. The molecule has 1 fully saturated rings. The molecule has 30 heavy (non-hydrogen) atoms. The van der Waals surface area contributed by atoms with Gasteiger partial charge in [-0.1, -0.05) is 17.7 Å². The SMILES string of the molecule is Cc1ccc(NC(=O)[C@@H]2CCCN2S(=O)(=O)c2ccc(S(=O)(=O)N(C)C)cc2)cc1. The minimum Gasteiger partial charge on any atom is -0.325 e. The average molecular weight is 452 g/mol. The van der Waals surface area contributed by atoms with E-state index < -0.39 is 26.1 Å². The summed E-state index contributed by atoms with van der Waals surface area (Å²) in [4.78, 5) is 12.7. The van der Waals surface area contributed by atoms with E-state index in [0.29, 0.717) is 18.5 Å². The van der Waals surface area contributed by atoms with Crippen molar-refractivity contribution in [3.8, 4) is 0 Å². The molecule has 0 aromatic heterocycles. The lowest BCUT2D eigenvalue weighted by atomic mass is 10.2. The second kappa shape index (κ2) is 8.46. The van der Waals surface area contributed by atoms with Gasteiger partial charge in [0.2, 0.25) is 26.0 Å². The van der Waals surface area contributed by atoms with Crippen molar-refractivity contribution < 1.29 is 21.6 Å². The minimum atomic E-state index is -3.95. The van der Waals surface area contributed by atoms with Crippen LogP contribution in [0.5, 0.6) is 0 Å². The second-order valence-corrected chi connectivity index (χ2v) is 11.4. The molecule has 1 heterocycles. The van der Waals surface area contributed by atoms with Crippen LogP contribution in [0, 0.1) is 6.92 Å². The van der Waals surface area contributed by atoms with Crippen molar-refractivity contribution >= 4 is 31.6 Å². The molecule has 0 spiro atoms. The summed E-state index contributed by atoms with van der Waals surface area (Å²) < 4.78 is 52.9. The van der Waals surface area contributed by atoms with Crippen LogP contribution in [-0.4, -0.2) is 58.0 Å². The molecule has 10 heteroatoms. The number of amides is 1. The van der Waals surface area contributed by atoms with E-state index >= 15 is 0 Å². The van der Waals surface area contributed by atoms with Crippen molar-refractivity contribution in [2.75, 3.05) is 26.0 Å². The summed E-state index contributed by atoms with van der Waals surface area (Å²) in [5.41, 5.74) is 1.66. The zero-order chi connectivity index (χ0) is 22.1. The molecule has 8 nitrogen and oxygen atoms in total. The number of hydrogen-bond donors (Lipinski definition) is 1. The van der Waals surface area contributed by atoms with Crippen molar-refractivity contribution in [2.45, 2.75) is 35.6 Å². The van der Waals surface area contributed by atoms with Crippen LogP contribution in [0.1, 0.15) is 18.4 Å². The van der Waals surface area contributed by atoms with E-state index in [1.54, 1.807) is 12.1 Å². The zero-order valence-electron chi connectivity index (χ0n) is 17.1. The van der Waals surface area contributed by atoms with E-state index in [-0.39, 0.29) is 22.2 Å². The van der Waals surface area contributed by atoms with Crippen LogP contribution in [0.25, 0.3) is 0 Å². The van der Waals surface area contributed by atoms with Crippen molar-refractivity contribution in [1.29, 1.82) is 0 Å². The molecular weight excluding hydrogens is 426 g/mol. The van der Waals surface area contributed by atoms with Gasteiger partial charge in [-0.3, -0.25) is 4.79 Å². The lowest BCUT2D eigenvalue weighted by molar-refractivity contribution is -0.119. The Morgan fingerprint density at radius 1 is 0.967 bits per heavy atom. The third-order valence-electron chi connectivity index (χ3n) is 5.03. The van der Waals surface area contributed by atoms with E-state index in [4.69, 9.17) is 0 Å². The second-order valence-electron chi connectivity index (χ2n) is 7.39. The van der Waals surface area contributed by atoms with Gasteiger partial charge >= 0.3 is 0 Å². The molecule has 0 unspecified atom stereocenters. The fourth-order valence-corrected chi connectivity index (χ4v) is 5.84. The van der Waals surface area contributed by atoms with Crippen molar-refractivity contribution in [2.24, 2.45) is 0 Å². The van der Waals surface area contributed by atoms with Crippen LogP contribution < -0.4 is 5.32 Å². The molecule has 0 aliphatic carbocycles. The molecule has 1 atom stereocenters. The molecule has 1 aliphatic heterocycles. The van der Waals surface area contributed by atoms with E-state index in [2.05, 4.69) is 5.32 Å². The Morgan fingerprint density at radius 3 is 2.10 bits per heavy atom. The molecule has 3 rings (SSSR count). The molecular formula is C20H25N3O5S2. The molecule has 0 saturated carbocycles. The Morgan fingerprint density at radius 2 is 1.53 bits per heavy atom. The lowest BCUT2D eigenvalue weighted by Crippen LogP contribution is -2.43. The van der Waals surface area contributed by atoms with Gasteiger partial charge in [0.25, 0.3) is 0 Å². The summed E-state index contributed by atoms with van der Waals surface area (Å²) in [7, 11) is -4.80. The molecule has 1 amide bonds. The predicted molar refractivity (Wildman–Crippen MR) is 114 cm³/mol. The third-order valence-corrected chi connectivity index (χ3v) is 8.79. The molecule has 1 N–H and O–H groups in total. The highest BCUT2D eigenvalue weighted by molar-refractivity contribution is 7.89. The highest BCUT2D eigenvalue weighted by Gasteiger charge is 2.39. The number of nitrogens with one attached hydrogen (secondary N) is 1. The first kappa shape index (κ1) is 22.4. The van der Waals surface area contributed by atoms with Crippen LogP contribution in [-0.2, 0) is 24.8 Å². The van der Waals surface area contributed by atoms with Gasteiger partial charge in [0, 0.05) is 26.3 Å². The van der Waals surface area contributed by atoms with E-state index in [0.717, 1.165) is 9.87 Å². The monoisotopic (exact) mass is 451 g/mol. The van der Waals surface area contributed by atoms with Gasteiger partial charge in [-0.15, -0.1) is 0 Å². The van der Waals surface area contributed by atoms with Gasteiger partial charge in [0.05, 0.1) is 9.79 Å². The number of anilines is 1. The molecule has 162 valence electrons. The standard InChI is InChI=1S/C20H25N3O5S2/c1-15-6-8-16(9-7-15)21-20(24)19-5-4-14-23(19)30(27,28)18-12-10-17(11-13-18)29(25,26)22(2)3/h6-13,19H,4-5,14H2,1-3H3,(H,21,24)/t19-/m0/s1. The minimum absolute atomic E-state index is 0.00142. The Hall–Kier alpha value is -2.27. The Bertz CT molecular complexity index is 1130. The van der Waals surface area contributed by atoms with Gasteiger partial charge in [0.15, 0.2) is 0 Å². The van der Waals surface area contributed by atoms with Crippen molar-refractivity contribution in [1.82, 2.24) is 8.61 Å². The smallest absolute Gasteiger partial charge is 0.243 e. The number of carbonyl (C=O) groups excluding carboxylic acids is 1. The third kappa shape index (κ3) is 4.41. The number of benzene rings is 2. The molecule has 0 radical (unpaired) electrons. The maximum Gasteiger partial charge on any atom is 0.243 e. The molecule has 1 saturated heterocycles. The normalized spacial score (nSPS) is 17.9. The van der Waals surface area contributed by atoms with Gasteiger partial charge in [-0.05, 0) is 56.2 Å². The summed E-state index contributed by atoms with van der Waals surface area (Å²) >= 11 is 0. The van der Waals surface area contributed by atoms with Crippen molar-refractivity contribution in [3.05, 3.63) is 54.1 Å². The molecule has 2 aromatic rings. The van der Waals surface area contributed by atoms with Crippen LogP contribution >= 0.6 is 0 Å². The summed E-state index contributed by atoms with van der Waals surface area (Å²) in [5, 5.41) is 2.78. The largest absolute Gasteiger partial charge is 0.325 e. The van der Waals surface area contributed by atoms with Crippen LogP contribution in [0.4, 0.5) is 5.69 Å². The fraction of sp³-hybridized carbons (Fsp3) is 0.350. The first-order chi connectivity index (χ1) is 14.0. The maximum atomic E-state index is 13.1. The average Bonchev–Trinajstić information content (AvgIpc) is 3.20. The van der Waals surface area contributed by atoms with Gasteiger partial charge in [-0.25, -0.2) is 21.1 Å². The number of carbonyl (C=O) groups is 1. The quantitative estimate of drug-likeness (QED) is 0.724. The number of nitrogens with zero attached hydrogens (tertiary/aromatic N) is 2. The Labute approximate surface area is 177 Å².